The third kappa shape index (κ3) is 3.83. The fourth-order valence-corrected chi connectivity index (χ4v) is 1.22. The van der Waals surface area contributed by atoms with E-state index in [1.54, 1.807) is 12.1 Å². The van der Waals surface area contributed by atoms with Crippen LogP contribution in [0.5, 0.6) is 0 Å². The molecule has 2 nitrogen and oxygen atoms in total. The van der Waals surface area contributed by atoms with Crippen LogP contribution in [0.2, 0.25) is 0 Å². The van der Waals surface area contributed by atoms with Crippen molar-refractivity contribution >= 4 is 5.69 Å². The van der Waals surface area contributed by atoms with Gasteiger partial charge in [0.15, 0.2) is 0 Å². The number of benzene rings is 1. The highest BCUT2D eigenvalue weighted by Crippen LogP contribution is 2.27. The number of rotatable bonds is 5. The van der Waals surface area contributed by atoms with E-state index in [-0.39, 0.29) is 5.56 Å². The number of hydrogen-bond donors (Lipinski definition) is 2. The Kier molecular flexibility index (Phi) is 4.03. The molecule has 0 atom stereocenters. The van der Waals surface area contributed by atoms with Gasteiger partial charge in [0.25, 0.3) is 5.92 Å². The maximum absolute atomic E-state index is 12.9. The molecule has 0 bridgehead atoms. The highest BCUT2D eigenvalue weighted by atomic mass is 19.3. The van der Waals surface area contributed by atoms with E-state index in [2.05, 4.69) is 5.32 Å². The molecule has 3 N–H and O–H groups in total. The highest BCUT2D eigenvalue weighted by Gasteiger charge is 2.23. The Hall–Kier alpha value is -1.16. The van der Waals surface area contributed by atoms with Gasteiger partial charge in [-0.3, -0.25) is 0 Å². The van der Waals surface area contributed by atoms with Gasteiger partial charge < -0.3 is 11.1 Å². The summed E-state index contributed by atoms with van der Waals surface area (Å²) in [5.41, 5.74) is 6.21. The Morgan fingerprint density at radius 1 is 1.27 bits per heavy atom. The van der Waals surface area contributed by atoms with Gasteiger partial charge in [0.05, 0.1) is 0 Å². The van der Waals surface area contributed by atoms with Crippen molar-refractivity contribution in [3.63, 3.8) is 0 Å². The fraction of sp³-hybridized carbons (Fsp3) is 0.455. The van der Waals surface area contributed by atoms with Gasteiger partial charge in [-0.25, -0.2) is 8.78 Å². The molecule has 0 radical (unpaired) electrons. The summed E-state index contributed by atoms with van der Waals surface area (Å²) < 4.78 is 25.7. The summed E-state index contributed by atoms with van der Waals surface area (Å²) in [6, 6.07) is 6.18. The van der Waals surface area contributed by atoms with Crippen LogP contribution in [0.4, 0.5) is 14.5 Å². The van der Waals surface area contributed by atoms with Crippen LogP contribution < -0.4 is 11.1 Å². The third-order valence-corrected chi connectivity index (χ3v) is 2.10. The van der Waals surface area contributed by atoms with Crippen LogP contribution in [0, 0.1) is 0 Å². The first-order valence-corrected chi connectivity index (χ1v) is 4.96. The van der Waals surface area contributed by atoms with Crippen molar-refractivity contribution in [1.29, 1.82) is 0 Å². The van der Waals surface area contributed by atoms with Gasteiger partial charge in [0.2, 0.25) is 0 Å². The molecule has 0 aliphatic carbocycles. The van der Waals surface area contributed by atoms with Crippen LogP contribution >= 0.6 is 0 Å². The Labute approximate surface area is 88.5 Å². The molecular weight excluding hydrogens is 198 g/mol. The summed E-state index contributed by atoms with van der Waals surface area (Å²) in [5, 5.41) is 3.10. The predicted octanol–water partition coefficient (Wildman–Crippen LogP) is 2.56. The van der Waals surface area contributed by atoms with E-state index in [1.165, 1.54) is 12.1 Å². The minimum Gasteiger partial charge on any atom is -0.385 e. The lowest BCUT2D eigenvalue weighted by Crippen LogP contribution is -2.09. The molecule has 0 spiro atoms. The average molecular weight is 214 g/mol. The standard InChI is InChI=1S/C11H16F2N2/c1-11(12,13)9-3-5-10(6-4-9)15-8-2-7-14/h3-6,15H,2,7-8,14H2,1H3. The van der Waals surface area contributed by atoms with Gasteiger partial charge in [-0.05, 0) is 25.1 Å². The summed E-state index contributed by atoms with van der Waals surface area (Å²) in [6.45, 7) is 2.28. The molecule has 1 aromatic rings. The molecule has 0 saturated heterocycles. The van der Waals surface area contributed by atoms with Gasteiger partial charge in [-0.15, -0.1) is 0 Å². The van der Waals surface area contributed by atoms with Gasteiger partial charge in [0.1, 0.15) is 0 Å². The summed E-state index contributed by atoms with van der Waals surface area (Å²) in [7, 11) is 0. The maximum atomic E-state index is 12.9. The molecule has 4 heteroatoms. The van der Waals surface area contributed by atoms with Crippen LogP contribution in [0.3, 0.4) is 0 Å². The summed E-state index contributed by atoms with van der Waals surface area (Å²) in [6.07, 6.45) is 0.867. The van der Waals surface area contributed by atoms with E-state index in [1.807, 2.05) is 0 Å². The number of nitrogens with two attached hydrogens (primary N) is 1. The Morgan fingerprint density at radius 3 is 2.33 bits per heavy atom. The molecule has 0 amide bonds. The summed E-state index contributed by atoms with van der Waals surface area (Å²) in [5.74, 6) is -2.77. The maximum Gasteiger partial charge on any atom is 0.270 e. The molecule has 0 aromatic heterocycles. The average Bonchev–Trinajstić information content (AvgIpc) is 2.18. The van der Waals surface area contributed by atoms with Gasteiger partial charge in [-0.1, -0.05) is 12.1 Å². The molecule has 1 aromatic carbocycles. The lowest BCUT2D eigenvalue weighted by Gasteiger charge is -2.11. The van der Waals surface area contributed by atoms with Crippen LogP contribution in [0.15, 0.2) is 24.3 Å². The monoisotopic (exact) mass is 214 g/mol. The normalized spacial score (nSPS) is 11.5. The highest BCUT2D eigenvalue weighted by molar-refractivity contribution is 5.45. The molecule has 0 unspecified atom stereocenters. The van der Waals surface area contributed by atoms with Crippen molar-refractivity contribution in [1.82, 2.24) is 0 Å². The first kappa shape index (κ1) is 11.9. The first-order valence-electron chi connectivity index (χ1n) is 4.96. The number of hydrogen-bond acceptors (Lipinski definition) is 2. The van der Waals surface area contributed by atoms with Crippen LogP contribution in [-0.2, 0) is 5.92 Å². The molecule has 0 aliphatic rings. The SMILES string of the molecule is CC(F)(F)c1ccc(NCCCN)cc1. The van der Waals surface area contributed by atoms with Crippen molar-refractivity contribution in [3.05, 3.63) is 29.8 Å². The second-order valence-corrected chi connectivity index (χ2v) is 3.53. The van der Waals surface area contributed by atoms with Crippen LogP contribution in [0.1, 0.15) is 18.9 Å². The van der Waals surface area contributed by atoms with E-state index in [4.69, 9.17) is 5.73 Å². The van der Waals surface area contributed by atoms with Gasteiger partial charge in [-0.2, -0.15) is 0 Å². The zero-order valence-electron chi connectivity index (χ0n) is 8.76. The molecule has 84 valence electrons. The summed E-state index contributed by atoms with van der Waals surface area (Å²) in [4.78, 5) is 0. The minimum absolute atomic E-state index is 0.0341. The Balaban J connectivity index is 2.57. The third-order valence-electron chi connectivity index (χ3n) is 2.10. The largest absolute Gasteiger partial charge is 0.385 e. The second kappa shape index (κ2) is 5.07. The van der Waals surface area contributed by atoms with E-state index in [9.17, 15) is 8.78 Å². The van der Waals surface area contributed by atoms with Crippen molar-refractivity contribution in [2.75, 3.05) is 18.4 Å². The molecule has 0 aliphatic heterocycles. The number of alkyl halides is 2. The van der Waals surface area contributed by atoms with E-state index in [0.717, 1.165) is 25.6 Å². The quantitative estimate of drug-likeness (QED) is 0.739. The zero-order valence-corrected chi connectivity index (χ0v) is 8.76. The molecule has 0 heterocycles. The fourth-order valence-electron chi connectivity index (χ4n) is 1.22. The Bertz CT molecular complexity index is 290. The van der Waals surface area contributed by atoms with Crippen LogP contribution in [-0.4, -0.2) is 13.1 Å². The van der Waals surface area contributed by atoms with E-state index in [0.29, 0.717) is 6.54 Å². The van der Waals surface area contributed by atoms with Crippen molar-refractivity contribution in [3.8, 4) is 0 Å². The van der Waals surface area contributed by atoms with Crippen molar-refractivity contribution < 1.29 is 8.78 Å². The van der Waals surface area contributed by atoms with E-state index >= 15 is 0 Å². The summed E-state index contributed by atoms with van der Waals surface area (Å²) >= 11 is 0. The zero-order chi connectivity index (χ0) is 11.3. The van der Waals surface area contributed by atoms with Gasteiger partial charge >= 0.3 is 0 Å². The molecule has 15 heavy (non-hydrogen) atoms. The molecule has 1 rings (SSSR count). The van der Waals surface area contributed by atoms with Crippen molar-refractivity contribution in [2.24, 2.45) is 5.73 Å². The minimum atomic E-state index is -2.77. The smallest absolute Gasteiger partial charge is 0.270 e. The number of nitrogens with one attached hydrogen (secondary N) is 1. The van der Waals surface area contributed by atoms with E-state index < -0.39 is 5.92 Å². The Morgan fingerprint density at radius 2 is 1.87 bits per heavy atom. The van der Waals surface area contributed by atoms with Gasteiger partial charge in [0, 0.05) is 24.7 Å². The molecular formula is C11H16F2N2. The lowest BCUT2D eigenvalue weighted by atomic mass is 10.1. The first-order chi connectivity index (χ1) is 7.04. The number of anilines is 1. The molecule has 0 fully saturated rings. The topological polar surface area (TPSA) is 38.0 Å². The van der Waals surface area contributed by atoms with Crippen LogP contribution in [0.25, 0.3) is 0 Å². The van der Waals surface area contributed by atoms with Crippen molar-refractivity contribution in [2.45, 2.75) is 19.3 Å². The lowest BCUT2D eigenvalue weighted by molar-refractivity contribution is 0.0175. The molecule has 0 saturated carbocycles. The predicted molar refractivity (Wildman–Crippen MR) is 58.2 cm³/mol. The second-order valence-electron chi connectivity index (χ2n) is 3.53. The number of halogens is 2.